The summed E-state index contributed by atoms with van der Waals surface area (Å²) < 4.78 is 15.2. The second kappa shape index (κ2) is 6.22. The summed E-state index contributed by atoms with van der Waals surface area (Å²) in [4.78, 5) is 16.3. The molecule has 3 nitrogen and oxygen atoms in total. The SMILES string of the molecule is CCn1c(C=O)nc(Sc2cccc(F)c2)c1C(C)C. The van der Waals surface area contributed by atoms with Crippen molar-refractivity contribution in [3.8, 4) is 0 Å². The van der Waals surface area contributed by atoms with Gasteiger partial charge in [0.15, 0.2) is 12.1 Å². The van der Waals surface area contributed by atoms with E-state index in [1.54, 1.807) is 6.07 Å². The molecule has 0 aliphatic rings. The van der Waals surface area contributed by atoms with E-state index in [2.05, 4.69) is 18.8 Å². The van der Waals surface area contributed by atoms with Gasteiger partial charge in [-0.3, -0.25) is 4.79 Å². The zero-order chi connectivity index (χ0) is 14.7. The lowest BCUT2D eigenvalue weighted by Gasteiger charge is -2.11. The quantitative estimate of drug-likeness (QED) is 0.777. The second-order valence-electron chi connectivity index (χ2n) is 4.74. The Morgan fingerprint density at radius 2 is 2.20 bits per heavy atom. The standard InChI is InChI=1S/C15H17FN2OS/c1-4-18-13(9-19)17-15(14(18)10(2)3)20-12-7-5-6-11(16)8-12/h5-10H,4H2,1-3H3. The fraction of sp³-hybridized carbons (Fsp3) is 0.333. The minimum absolute atomic E-state index is 0.243. The number of aldehydes is 1. The fourth-order valence-corrected chi connectivity index (χ4v) is 3.29. The van der Waals surface area contributed by atoms with Crippen LogP contribution in [0.25, 0.3) is 0 Å². The molecule has 0 spiro atoms. The highest BCUT2D eigenvalue weighted by Crippen LogP contribution is 2.34. The maximum absolute atomic E-state index is 13.3. The maximum Gasteiger partial charge on any atom is 0.185 e. The van der Waals surface area contributed by atoms with Crippen LogP contribution in [0.5, 0.6) is 0 Å². The molecule has 1 aromatic heterocycles. The van der Waals surface area contributed by atoms with Gasteiger partial charge in [-0.25, -0.2) is 9.37 Å². The van der Waals surface area contributed by atoms with Crippen molar-refractivity contribution in [3.05, 3.63) is 41.6 Å². The summed E-state index contributed by atoms with van der Waals surface area (Å²) in [5.74, 6) is 0.397. The predicted molar refractivity (Wildman–Crippen MR) is 77.9 cm³/mol. The Balaban J connectivity index is 2.45. The van der Waals surface area contributed by atoms with Gasteiger partial charge in [0.05, 0.1) is 5.69 Å². The van der Waals surface area contributed by atoms with Crippen LogP contribution >= 0.6 is 11.8 Å². The molecular formula is C15H17FN2OS. The molecule has 0 fully saturated rings. The normalized spacial score (nSPS) is 11.1. The minimum Gasteiger partial charge on any atom is -0.325 e. The Labute approximate surface area is 122 Å². The van der Waals surface area contributed by atoms with Crippen LogP contribution in [0.15, 0.2) is 34.2 Å². The molecule has 2 rings (SSSR count). The van der Waals surface area contributed by atoms with E-state index in [1.807, 2.05) is 17.6 Å². The van der Waals surface area contributed by atoms with Crippen LogP contribution in [0.1, 0.15) is 43.0 Å². The molecule has 0 saturated heterocycles. The van der Waals surface area contributed by atoms with Crippen LogP contribution < -0.4 is 0 Å². The topological polar surface area (TPSA) is 34.9 Å². The second-order valence-corrected chi connectivity index (χ2v) is 5.80. The van der Waals surface area contributed by atoms with Gasteiger partial charge in [0.1, 0.15) is 10.8 Å². The maximum atomic E-state index is 13.3. The van der Waals surface area contributed by atoms with Gasteiger partial charge in [-0.15, -0.1) is 0 Å². The number of nitrogens with zero attached hydrogens (tertiary/aromatic N) is 2. The first-order valence-electron chi connectivity index (χ1n) is 6.55. The van der Waals surface area contributed by atoms with E-state index in [9.17, 15) is 9.18 Å². The summed E-state index contributed by atoms with van der Waals surface area (Å²) in [5, 5.41) is 0.773. The van der Waals surface area contributed by atoms with Gasteiger partial charge in [-0.1, -0.05) is 31.7 Å². The molecule has 0 unspecified atom stereocenters. The van der Waals surface area contributed by atoms with Crippen molar-refractivity contribution >= 4 is 18.0 Å². The third-order valence-corrected chi connectivity index (χ3v) is 3.97. The van der Waals surface area contributed by atoms with Crippen molar-refractivity contribution in [1.82, 2.24) is 9.55 Å². The monoisotopic (exact) mass is 292 g/mol. The molecule has 0 bridgehead atoms. The van der Waals surface area contributed by atoms with E-state index in [0.29, 0.717) is 12.4 Å². The van der Waals surface area contributed by atoms with Crippen LogP contribution in [-0.2, 0) is 6.54 Å². The number of hydrogen-bond donors (Lipinski definition) is 0. The van der Waals surface area contributed by atoms with E-state index in [4.69, 9.17) is 0 Å². The first-order valence-corrected chi connectivity index (χ1v) is 7.37. The zero-order valence-corrected chi connectivity index (χ0v) is 12.6. The summed E-state index contributed by atoms with van der Waals surface area (Å²) in [6.45, 7) is 6.80. The molecule has 0 aliphatic heterocycles. The molecule has 0 amide bonds. The van der Waals surface area contributed by atoms with Crippen molar-refractivity contribution in [2.45, 2.75) is 43.2 Å². The largest absolute Gasteiger partial charge is 0.325 e. The van der Waals surface area contributed by atoms with Crippen LogP contribution in [0.4, 0.5) is 4.39 Å². The van der Waals surface area contributed by atoms with Crippen LogP contribution in [0.2, 0.25) is 0 Å². The number of aromatic nitrogens is 2. The highest BCUT2D eigenvalue weighted by atomic mass is 32.2. The fourth-order valence-electron chi connectivity index (χ4n) is 2.16. The van der Waals surface area contributed by atoms with Gasteiger partial charge >= 0.3 is 0 Å². The molecule has 0 saturated carbocycles. The smallest absolute Gasteiger partial charge is 0.185 e. The Morgan fingerprint density at radius 3 is 2.75 bits per heavy atom. The van der Waals surface area contributed by atoms with Gasteiger partial charge < -0.3 is 4.57 Å². The number of benzene rings is 1. The van der Waals surface area contributed by atoms with Gasteiger partial charge in [0.2, 0.25) is 0 Å². The van der Waals surface area contributed by atoms with E-state index in [-0.39, 0.29) is 11.7 Å². The number of rotatable bonds is 5. The molecule has 5 heteroatoms. The highest BCUT2D eigenvalue weighted by molar-refractivity contribution is 7.99. The molecule has 0 aliphatic carbocycles. The highest BCUT2D eigenvalue weighted by Gasteiger charge is 2.19. The molecule has 0 radical (unpaired) electrons. The molecule has 1 aromatic carbocycles. The molecule has 20 heavy (non-hydrogen) atoms. The summed E-state index contributed by atoms with van der Waals surface area (Å²) in [6, 6.07) is 6.39. The predicted octanol–water partition coefficient (Wildman–Crippen LogP) is 4.13. The minimum atomic E-state index is -0.272. The Bertz CT molecular complexity index is 622. The molecule has 0 atom stereocenters. The van der Waals surface area contributed by atoms with Crippen LogP contribution in [0, 0.1) is 5.82 Å². The Kier molecular flexibility index (Phi) is 4.60. The first-order chi connectivity index (χ1) is 9.56. The van der Waals surface area contributed by atoms with E-state index < -0.39 is 0 Å². The van der Waals surface area contributed by atoms with Gasteiger partial charge in [0.25, 0.3) is 0 Å². The lowest BCUT2D eigenvalue weighted by molar-refractivity contribution is 0.111. The molecule has 1 heterocycles. The van der Waals surface area contributed by atoms with Crippen molar-refractivity contribution in [3.63, 3.8) is 0 Å². The van der Waals surface area contributed by atoms with Crippen molar-refractivity contribution in [2.24, 2.45) is 0 Å². The molecule has 106 valence electrons. The summed E-state index contributed by atoms with van der Waals surface area (Å²) in [6.07, 6.45) is 0.769. The summed E-state index contributed by atoms with van der Waals surface area (Å²) in [5.41, 5.74) is 1.02. The average molecular weight is 292 g/mol. The van der Waals surface area contributed by atoms with E-state index >= 15 is 0 Å². The number of carbonyl (C=O) groups excluding carboxylic acids is 1. The van der Waals surface area contributed by atoms with Crippen LogP contribution in [0.3, 0.4) is 0 Å². The van der Waals surface area contributed by atoms with E-state index in [1.165, 1.54) is 23.9 Å². The zero-order valence-electron chi connectivity index (χ0n) is 11.8. The Morgan fingerprint density at radius 1 is 1.45 bits per heavy atom. The molecule has 2 aromatic rings. The number of hydrogen-bond acceptors (Lipinski definition) is 3. The number of halogens is 1. The Hall–Kier alpha value is -1.62. The summed E-state index contributed by atoms with van der Waals surface area (Å²) in [7, 11) is 0. The third-order valence-electron chi connectivity index (χ3n) is 2.98. The molecular weight excluding hydrogens is 275 g/mol. The van der Waals surface area contributed by atoms with Crippen LogP contribution in [-0.4, -0.2) is 15.8 Å². The van der Waals surface area contributed by atoms with Gasteiger partial charge in [-0.05, 0) is 31.0 Å². The van der Waals surface area contributed by atoms with Gasteiger partial charge in [-0.2, -0.15) is 0 Å². The van der Waals surface area contributed by atoms with Crippen molar-refractivity contribution in [2.75, 3.05) is 0 Å². The van der Waals surface area contributed by atoms with Gasteiger partial charge in [0, 0.05) is 11.4 Å². The lowest BCUT2D eigenvalue weighted by atomic mass is 10.1. The summed E-state index contributed by atoms with van der Waals surface area (Å²) >= 11 is 1.39. The first kappa shape index (κ1) is 14.8. The van der Waals surface area contributed by atoms with Crippen molar-refractivity contribution in [1.29, 1.82) is 0 Å². The number of carbonyl (C=O) groups is 1. The van der Waals surface area contributed by atoms with E-state index in [0.717, 1.165) is 21.9 Å². The number of imidazole rings is 1. The lowest BCUT2D eigenvalue weighted by Crippen LogP contribution is -2.06. The average Bonchev–Trinajstić information content (AvgIpc) is 2.76. The third kappa shape index (κ3) is 2.93. The van der Waals surface area contributed by atoms with Crippen molar-refractivity contribution < 1.29 is 9.18 Å². The molecule has 0 N–H and O–H groups in total.